The van der Waals surface area contributed by atoms with Crippen LogP contribution < -0.4 is 10.6 Å². The molecule has 0 aliphatic rings. The maximum atomic E-state index is 13.3. The van der Waals surface area contributed by atoms with Crippen molar-refractivity contribution >= 4 is 26.6 Å². The van der Waals surface area contributed by atoms with E-state index in [1.54, 1.807) is 42.3 Å². The number of amides is 1. The van der Waals surface area contributed by atoms with E-state index in [1.165, 1.54) is 30.6 Å². The van der Waals surface area contributed by atoms with Crippen molar-refractivity contribution in [2.45, 2.75) is 17.5 Å². The average Bonchev–Trinajstić information content (AvgIpc) is 3.26. The molecule has 0 aliphatic carbocycles. The molecule has 1 atom stereocenters. The van der Waals surface area contributed by atoms with Gasteiger partial charge in [0.15, 0.2) is 14.9 Å². The average molecular weight is 483 g/mol. The molecular formula is C23H23FN6O3S. The van der Waals surface area contributed by atoms with Gasteiger partial charge in [0.1, 0.15) is 5.82 Å². The van der Waals surface area contributed by atoms with Crippen LogP contribution in [0.2, 0.25) is 0 Å². The molecule has 0 bridgehead atoms. The number of pyridine rings is 2. The van der Waals surface area contributed by atoms with Crippen molar-refractivity contribution in [3.63, 3.8) is 0 Å². The molecular weight excluding hydrogens is 459 g/mol. The highest BCUT2D eigenvalue weighted by Gasteiger charge is 2.21. The Morgan fingerprint density at radius 2 is 1.91 bits per heavy atom. The third kappa shape index (κ3) is 4.95. The van der Waals surface area contributed by atoms with Gasteiger partial charge in [0.2, 0.25) is 0 Å². The number of rotatable bonds is 8. The van der Waals surface area contributed by atoms with Crippen LogP contribution in [0, 0.1) is 5.82 Å². The maximum Gasteiger partial charge on any atom is 0.254 e. The van der Waals surface area contributed by atoms with Gasteiger partial charge < -0.3 is 10.6 Å². The number of carbonyl (C=O) groups excluding carboxylic acids is 1. The smallest absolute Gasteiger partial charge is 0.254 e. The topological polar surface area (TPSA) is 119 Å². The third-order valence-electron chi connectivity index (χ3n) is 5.34. The van der Waals surface area contributed by atoms with Gasteiger partial charge in [-0.3, -0.25) is 9.78 Å². The second kappa shape index (κ2) is 9.65. The Morgan fingerprint density at radius 1 is 1.15 bits per heavy atom. The molecule has 0 saturated carbocycles. The van der Waals surface area contributed by atoms with Crippen LogP contribution in [0.3, 0.4) is 0 Å². The second-order valence-electron chi connectivity index (χ2n) is 7.77. The molecule has 0 radical (unpaired) electrons. The summed E-state index contributed by atoms with van der Waals surface area (Å²) in [6, 6.07) is 8.53. The first kappa shape index (κ1) is 23.5. The van der Waals surface area contributed by atoms with Crippen molar-refractivity contribution in [1.82, 2.24) is 30.4 Å². The molecule has 3 heterocycles. The minimum atomic E-state index is -3.50. The Morgan fingerprint density at radius 3 is 2.62 bits per heavy atom. The van der Waals surface area contributed by atoms with Gasteiger partial charge >= 0.3 is 0 Å². The van der Waals surface area contributed by atoms with Gasteiger partial charge in [-0.25, -0.2) is 22.5 Å². The quantitative estimate of drug-likeness (QED) is 0.396. The van der Waals surface area contributed by atoms with Crippen LogP contribution in [0.1, 0.15) is 28.4 Å². The first-order valence-electron chi connectivity index (χ1n) is 10.5. The zero-order valence-electron chi connectivity index (χ0n) is 18.6. The molecule has 11 heteroatoms. The summed E-state index contributed by atoms with van der Waals surface area (Å²) in [6.07, 6.45) is 7.63. The first-order valence-corrected chi connectivity index (χ1v) is 12.4. The molecule has 4 aromatic rings. The van der Waals surface area contributed by atoms with E-state index in [4.69, 9.17) is 0 Å². The van der Waals surface area contributed by atoms with E-state index in [2.05, 4.69) is 25.7 Å². The number of aromatic nitrogens is 4. The van der Waals surface area contributed by atoms with E-state index < -0.39 is 15.9 Å². The predicted molar refractivity (Wildman–Crippen MR) is 125 cm³/mol. The lowest BCUT2D eigenvalue weighted by Crippen LogP contribution is -2.31. The molecule has 34 heavy (non-hydrogen) atoms. The van der Waals surface area contributed by atoms with Crippen molar-refractivity contribution in [2.24, 2.45) is 0 Å². The molecule has 0 unspecified atom stereocenters. The summed E-state index contributed by atoms with van der Waals surface area (Å²) in [5.41, 5.74) is 2.17. The van der Waals surface area contributed by atoms with Gasteiger partial charge in [0.25, 0.3) is 5.91 Å². The standard InChI is InChI=1S/C23H23FN6O3S/c1-25-9-8-20(15-7-10-27-22(11-15)34(2,32)33)29-23(31)19-12-26-14-21-18(19)13-28-30(21)17-5-3-16(24)4-6-17/h3-7,10-14,20,25H,8-9H2,1-2H3,(H,29,31)/t20-/m0/s1. The molecule has 0 aliphatic heterocycles. The molecule has 9 nitrogen and oxygen atoms in total. The van der Waals surface area contributed by atoms with Crippen molar-refractivity contribution in [3.05, 3.63) is 78.1 Å². The first-order chi connectivity index (χ1) is 16.3. The predicted octanol–water partition coefficient (Wildman–Crippen LogP) is 2.44. The van der Waals surface area contributed by atoms with Crippen LogP contribution in [-0.2, 0) is 9.84 Å². The molecule has 1 amide bonds. The molecule has 1 aromatic carbocycles. The fourth-order valence-electron chi connectivity index (χ4n) is 3.60. The van der Waals surface area contributed by atoms with Crippen molar-refractivity contribution in [3.8, 4) is 5.69 Å². The Bertz CT molecular complexity index is 1440. The highest BCUT2D eigenvalue weighted by molar-refractivity contribution is 7.90. The normalized spacial score (nSPS) is 12.6. The third-order valence-corrected chi connectivity index (χ3v) is 6.33. The summed E-state index contributed by atoms with van der Waals surface area (Å²) in [4.78, 5) is 21.4. The zero-order chi connectivity index (χ0) is 24.3. The molecule has 0 fully saturated rings. The molecule has 0 saturated heterocycles. The van der Waals surface area contributed by atoms with Gasteiger partial charge in [0, 0.05) is 24.0 Å². The monoisotopic (exact) mass is 482 g/mol. The minimum Gasteiger partial charge on any atom is -0.345 e. The Kier molecular flexibility index (Phi) is 6.66. The van der Waals surface area contributed by atoms with Crippen LogP contribution >= 0.6 is 0 Å². The van der Waals surface area contributed by atoms with Crippen LogP contribution in [-0.4, -0.2) is 53.9 Å². The number of carbonyl (C=O) groups is 1. The number of fused-ring (bicyclic) bond motifs is 1. The van der Waals surface area contributed by atoms with Crippen molar-refractivity contribution in [1.29, 1.82) is 0 Å². The molecule has 176 valence electrons. The lowest BCUT2D eigenvalue weighted by molar-refractivity contribution is 0.0936. The largest absolute Gasteiger partial charge is 0.345 e. The molecule has 3 aromatic heterocycles. The van der Waals surface area contributed by atoms with E-state index in [-0.39, 0.29) is 16.8 Å². The van der Waals surface area contributed by atoms with Gasteiger partial charge in [0.05, 0.1) is 35.2 Å². The Balaban J connectivity index is 1.67. The summed E-state index contributed by atoms with van der Waals surface area (Å²) >= 11 is 0. The summed E-state index contributed by atoms with van der Waals surface area (Å²) in [7, 11) is -1.71. The highest BCUT2D eigenvalue weighted by Crippen LogP contribution is 2.23. The van der Waals surface area contributed by atoms with Crippen LogP contribution in [0.25, 0.3) is 16.6 Å². The molecule has 2 N–H and O–H groups in total. The van der Waals surface area contributed by atoms with E-state index in [0.29, 0.717) is 40.7 Å². The van der Waals surface area contributed by atoms with Gasteiger partial charge in [-0.05, 0) is 62.0 Å². The van der Waals surface area contributed by atoms with E-state index in [1.807, 2.05) is 0 Å². The van der Waals surface area contributed by atoms with Crippen LogP contribution in [0.4, 0.5) is 4.39 Å². The van der Waals surface area contributed by atoms with Gasteiger partial charge in [-0.1, -0.05) is 0 Å². The maximum absolute atomic E-state index is 13.3. The van der Waals surface area contributed by atoms with Crippen molar-refractivity contribution in [2.75, 3.05) is 19.8 Å². The number of hydrogen-bond donors (Lipinski definition) is 2. The van der Waals surface area contributed by atoms with Gasteiger partial charge in [-0.15, -0.1) is 0 Å². The number of nitrogens with one attached hydrogen (secondary N) is 2. The van der Waals surface area contributed by atoms with Gasteiger partial charge in [-0.2, -0.15) is 5.10 Å². The number of hydrogen-bond acceptors (Lipinski definition) is 7. The minimum absolute atomic E-state index is 0.0574. The van der Waals surface area contributed by atoms with E-state index >= 15 is 0 Å². The number of sulfone groups is 1. The summed E-state index contributed by atoms with van der Waals surface area (Å²) in [6.45, 7) is 0.590. The zero-order valence-corrected chi connectivity index (χ0v) is 19.4. The lowest BCUT2D eigenvalue weighted by Gasteiger charge is -2.20. The number of benzene rings is 1. The fourth-order valence-corrected chi connectivity index (χ4v) is 4.20. The number of nitrogens with zero attached hydrogens (tertiary/aromatic N) is 4. The summed E-state index contributed by atoms with van der Waals surface area (Å²) in [5.74, 6) is -0.739. The van der Waals surface area contributed by atoms with Crippen LogP contribution in [0.15, 0.2) is 66.2 Å². The van der Waals surface area contributed by atoms with E-state index in [0.717, 1.165) is 6.26 Å². The van der Waals surface area contributed by atoms with Crippen LogP contribution in [0.5, 0.6) is 0 Å². The SMILES string of the molecule is CNCC[C@H](NC(=O)c1cncc2c1cnn2-c1ccc(F)cc1)c1ccnc(S(C)(=O)=O)c1. The summed E-state index contributed by atoms with van der Waals surface area (Å²) in [5, 5.41) is 10.9. The Labute approximate surface area is 196 Å². The van der Waals surface area contributed by atoms with Crippen molar-refractivity contribution < 1.29 is 17.6 Å². The molecule has 4 rings (SSSR count). The fraction of sp³-hybridized carbons (Fsp3) is 0.217. The number of halogens is 1. The van der Waals surface area contributed by atoms with E-state index in [9.17, 15) is 17.6 Å². The Hall–Kier alpha value is -3.70. The molecule has 0 spiro atoms. The highest BCUT2D eigenvalue weighted by atomic mass is 32.2. The second-order valence-corrected chi connectivity index (χ2v) is 9.73. The lowest BCUT2D eigenvalue weighted by atomic mass is 10.0. The summed E-state index contributed by atoms with van der Waals surface area (Å²) < 4.78 is 38.8.